The van der Waals surface area contributed by atoms with Crippen LogP contribution >= 0.6 is 0 Å². The van der Waals surface area contributed by atoms with E-state index in [1.807, 2.05) is 55.5 Å². The Hall–Kier alpha value is -3.41. The van der Waals surface area contributed by atoms with Gasteiger partial charge < -0.3 is 10.1 Å². The molecule has 150 valence electrons. The molecule has 6 nitrogen and oxygen atoms in total. The van der Waals surface area contributed by atoms with Crippen LogP contribution in [0.25, 0.3) is 5.69 Å². The quantitative estimate of drug-likeness (QED) is 0.659. The Morgan fingerprint density at radius 2 is 1.69 bits per heavy atom. The molecule has 0 aliphatic carbocycles. The van der Waals surface area contributed by atoms with Gasteiger partial charge in [0.1, 0.15) is 5.82 Å². The summed E-state index contributed by atoms with van der Waals surface area (Å²) in [6.45, 7) is 7.72. The molecular weight excluding hydrogens is 366 g/mol. The van der Waals surface area contributed by atoms with Gasteiger partial charge in [-0.2, -0.15) is 5.10 Å². The van der Waals surface area contributed by atoms with E-state index in [4.69, 9.17) is 4.74 Å². The summed E-state index contributed by atoms with van der Waals surface area (Å²) >= 11 is 0. The minimum absolute atomic E-state index is 0.183. The van der Waals surface area contributed by atoms with Crippen molar-refractivity contribution in [1.82, 2.24) is 9.78 Å². The van der Waals surface area contributed by atoms with E-state index >= 15 is 0 Å². The fourth-order valence-corrected chi connectivity index (χ4v) is 2.69. The lowest BCUT2D eigenvalue weighted by atomic mass is 9.92. The topological polar surface area (TPSA) is 73.2 Å². The van der Waals surface area contributed by atoms with Crippen molar-refractivity contribution in [1.29, 1.82) is 0 Å². The van der Waals surface area contributed by atoms with E-state index in [0.29, 0.717) is 11.4 Å². The number of anilines is 1. The van der Waals surface area contributed by atoms with Crippen molar-refractivity contribution < 1.29 is 14.3 Å². The number of aryl methyl sites for hydroxylation is 1. The highest BCUT2D eigenvalue weighted by Crippen LogP contribution is 2.26. The van der Waals surface area contributed by atoms with E-state index in [0.717, 1.165) is 16.9 Å². The van der Waals surface area contributed by atoms with Crippen molar-refractivity contribution in [3.63, 3.8) is 0 Å². The minimum atomic E-state index is -0.535. The highest BCUT2D eigenvalue weighted by atomic mass is 16.5. The molecule has 1 amide bonds. The highest BCUT2D eigenvalue weighted by Gasteiger charge is 2.21. The van der Waals surface area contributed by atoms with Crippen molar-refractivity contribution in [3.8, 4) is 5.69 Å². The smallest absolute Gasteiger partial charge is 0.338 e. The summed E-state index contributed by atoms with van der Waals surface area (Å²) in [7, 11) is 0. The molecule has 0 bridgehead atoms. The first-order chi connectivity index (χ1) is 13.7. The second-order valence-electron chi connectivity index (χ2n) is 7.90. The maximum Gasteiger partial charge on any atom is 0.338 e. The Morgan fingerprint density at radius 1 is 1.03 bits per heavy atom. The first-order valence-corrected chi connectivity index (χ1v) is 9.43. The number of aromatic nitrogens is 2. The molecule has 1 heterocycles. The number of hydrogen-bond donors (Lipinski definition) is 1. The molecule has 29 heavy (non-hydrogen) atoms. The maximum atomic E-state index is 12.4. The van der Waals surface area contributed by atoms with Gasteiger partial charge in [-0.15, -0.1) is 0 Å². The molecule has 1 aromatic heterocycles. The predicted molar refractivity (Wildman–Crippen MR) is 112 cm³/mol. The van der Waals surface area contributed by atoms with E-state index in [1.165, 1.54) is 0 Å². The molecule has 3 aromatic rings. The molecule has 1 N–H and O–H groups in total. The number of rotatable bonds is 5. The molecule has 0 aliphatic rings. The molecule has 0 aliphatic heterocycles. The summed E-state index contributed by atoms with van der Waals surface area (Å²) in [6.07, 6.45) is 0. The van der Waals surface area contributed by atoms with Crippen molar-refractivity contribution in [2.45, 2.75) is 33.1 Å². The van der Waals surface area contributed by atoms with Crippen molar-refractivity contribution >= 4 is 17.7 Å². The second-order valence-corrected chi connectivity index (χ2v) is 7.90. The van der Waals surface area contributed by atoms with Crippen molar-refractivity contribution in [2.75, 3.05) is 11.9 Å². The predicted octanol–water partition coefficient (Wildman–Crippen LogP) is 4.27. The molecule has 0 fully saturated rings. The normalized spacial score (nSPS) is 11.2. The van der Waals surface area contributed by atoms with Crippen LogP contribution in [0.5, 0.6) is 0 Å². The summed E-state index contributed by atoms with van der Waals surface area (Å²) in [6, 6.07) is 18.4. The minimum Gasteiger partial charge on any atom is -0.452 e. The zero-order valence-corrected chi connectivity index (χ0v) is 17.1. The standard InChI is InChI=1S/C23H25N3O3/c1-16-10-12-17(13-11-16)22(28)29-15-21(27)24-20-14-19(23(2,3)4)25-26(20)18-8-6-5-7-9-18/h5-14H,15H2,1-4H3,(H,24,27). The number of nitrogens with one attached hydrogen (secondary N) is 1. The number of benzene rings is 2. The van der Waals surface area contributed by atoms with Crippen LogP contribution in [-0.4, -0.2) is 28.3 Å². The van der Waals surface area contributed by atoms with Crippen LogP contribution in [-0.2, 0) is 14.9 Å². The first kappa shape index (κ1) is 20.3. The largest absolute Gasteiger partial charge is 0.452 e. The SMILES string of the molecule is Cc1ccc(C(=O)OCC(=O)Nc2cc(C(C)(C)C)nn2-c2ccccc2)cc1. The van der Waals surface area contributed by atoms with E-state index < -0.39 is 11.9 Å². The van der Waals surface area contributed by atoms with Crippen LogP contribution in [0.2, 0.25) is 0 Å². The van der Waals surface area contributed by atoms with Crippen LogP contribution in [0.3, 0.4) is 0 Å². The second kappa shape index (κ2) is 8.31. The van der Waals surface area contributed by atoms with Crippen molar-refractivity contribution in [3.05, 3.63) is 77.5 Å². The Kier molecular flexibility index (Phi) is 5.82. The van der Waals surface area contributed by atoms with E-state index in [2.05, 4.69) is 31.2 Å². The van der Waals surface area contributed by atoms with Crippen LogP contribution in [0.1, 0.15) is 42.4 Å². The Morgan fingerprint density at radius 3 is 2.31 bits per heavy atom. The highest BCUT2D eigenvalue weighted by molar-refractivity contribution is 5.95. The Balaban J connectivity index is 1.73. The van der Waals surface area contributed by atoms with Gasteiger partial charge >= 0.3 is 5.97 Å². The van der Waals surface area contributed by atoms with Crippen LogP contribution in [0.4, 0.5) is 5.82 Å². The maximum absolute atomic E-state index is 12.4. The summed E-state index contributed by atoms with van der Waals surface area (Å²) < 4.78 is 6.82. The summed E-state index contributed by atoms with van der Waals surface area (Å²) in [5.41, 5.74) is 2.94. The van der Waals surface area contributed by atoms with Gasteiger partial charge in [0.2, 0.25) is 0 Å². The number of hydrogen-bond acceptors (Lipinski definition) is 4. The fraction of sp³-hybridized carbons (Fsp3) is 0.261. The Labute approximate surface area is 170 Å². The summed E-state index contributed by atoms with van der Waals surface area (Å²) in [5.74, 6) is -0.437. The molecule has 0 atom stereocenters. The van der Waals surface area contributed by atoms with Gasteiger partial charge in [0, 0.05) is 11.5 Å². The number of amides is 1. The van der Waals surface area contributed by atoms with Gasteiger partial charge in [-0.3, -0.25) is 4.79 Å². The molecular formula is C23H25N3O3. The van der Waals surface area contributed by atoms with E-state index in [9.17, 15) is 9.59 Å². The van der Waals surface area contributed by atoms with Crippen LogP contribution in [0, 0.1) is 6.92 Å². The molecule has 0 unspecified atom stereocenters. The number of carbonyl (C=O) groups excluding carboxylic acids is 2. The third-order valence-electron chi connectivity index (χ3n) is 4.37. The van der Waals surface area contributed by atoms with Crippen LogP contribution in [0.15, 0.2) is 60.7 Å². The molecule has 2 aromatic carbocycles. The summed E-state index contributed by atoms with van der Waals surface area (Å²) in [5, 5.41) is 7.45. The molecule has 0 saturated heterocycles. The van der Waals surface area contributed by atoms with Gasteiger partial charge in [0.25, 0.3) is 5.91 Å². The van der Waals surface area contributed by atoms with Gasteiger partial charge in [-0.05, 0) is 31.2 Å². The lowest BCUT2D eigenvalue weighted by Crippen LogP contribution is -2.22. The third kappa shape index (κ3) is 5.10. The first-order valence-electron chi connectivity index (χ1n) is 9.43. The fourth-order valence-electron chi connectivity index (χ4n) is 2.69. The number of carbonyl (C=O) groups is 2. The lowest BCUT2D eigenvalue weighted by molar-refractivity contribution is -0.119. The number of nitrogens with zero attached hydrogens (tertiary/aromatic N) is 2. The lowest BCUT2D eigenvalue weighted by Gasteiger charge is -2.14. The number of para-hydroxylation sites is 1. The third-order valence-corrected chi connectivity index (χ3v) is 4.37. The number of esters is 1. The van der Waals surface area contributed by atoms with Gasteiger partial charge in [0.05, 0.1) is 16.9 Å². The zero-order valence-electron chi connectivity index (χ0n) is 17.1. The monoisotopic (exact) mass is 391 g/mol. The van der Waals surface area contributed by atoms with E-state index in [1.54, 1.807) is 16.8 Å². The average molecular weight is 391 g/mol. The molecule has 0 saturated carbocycles. The van der Waals surface area contributed by atoms with Gasteiger partial charge in [-0.1, -0.05) is 56.7 Å². The average Bonchev–Trinajstić information content (AvgIpc) is 3.11. The molecule has 3 rings (SSSR count). The van der Waals surface area contributed by atoms with Crippen molar-refractivity contribution in [2.24, 2.45) is 0 Å². The van der Waals surface area contributed by atoms with Crippen LogP contribution < -0.4 is 5.32 Å². The molecule has 6 heteroatoms. The van der Waals surface area contributed by atoms with E-state index in [-0.39, 0.29) is 12.0 Å². The number of ether oxygens (including phenoxy) is 1. The van der Waals surface area contributed by atoms with Gasteiger partial charge in [0.15, 0.2) is 6.61 Å². The Bertz CT molecular complexity index is 1000. The summed E-state index contributed by atoms with van der Waals surface area (Å²) in [4.78, 5) is 24.5. The molecule has 0 spiro atoms. The van der Waals surface area contributed by atoms with Gasteiger partial charge in [-0.25, -0.2) is 9.48 Å². The molecule has 0 radical (unpaired) electrons. The zero-order chi connectivity index (χ0) is 21.0.